The summed E-state index contributed by atoms with van der Waals surface area (Å²) in [7, 11) is 0. The molecule has 0 aromatic rings. The summed E-state index contributed by atoms with van der Waals surface area (Å²) in [5.74, 6) is -1.65. The number of allylic oxidation sites excluding steroid dienone is 2. The van der Waals surface area contributed by atoms with Crippen molar-refractivity contribution in [1.29, 1.82) is 0 Å². The molecule has 2 bridgehead atoms. The molecule has 3 nitrogen and oxygen atoms in total. The first-order valence-corrected chi connectivity index (χ1v) is 12.0. The highest BCUT2D eigenvalue weighted by molar-refractivity contribution is 6.65. The zero-order chi connectivity index (χ0) is 20.2. The number of carbonyl (C=O) groups excluding carboxylic acids is 2. The monoisotopic (exact) mass is 503 g/mol. The van der Waals surface area contributed by atoms with Gasteiger partial charge in [0.25, 0.3) is 0 Å². The summed E-state index contributed by atoms with van der Waals surface area (Å²) < 4.78 is -1.61. The van der Waals surface area contributed by atoms with Crippen molar-refractivity contribution in [2.24, 2.45) is 23.7 Å². The lowest BCUT2D eigenvalue weighted by Crippen LogP contribution is -2.45. The molecule has 0 aromatic heterocycles. The molecule has 1 saturated heterocycles. The van der Waals surface area contributed by atoms with Crippen molar-refractivity contribution in [3.05, 3.63) is 10.1 Å². The van der Waals surface area contributed by atoms with Gasteiger partial charge in [-0.1, -0.05) is 65.7 Å². The number of fused-ring (bicyclic) bond motifs is 6. The highest BCUT2D eigenvalue weighted by Crippen LogP contribution is 2.79. The van der Waals surface area contributed by atoms with Gasteiger partial charge in [-0.05, 0) is 37.5 Å². The molecule has 5 aliphatic rings. The Kier molecular flexibility index (Phi) is 4.64. The van der Waals surface area contributed by atoms with E-state index in [-0.39, 0.29) is 39.8 Å². The molecule has 6 atom stereocenters. The minimum absolute atomic E-state index is 0.0104. The van der Waals surface area contributed by atoms with Crippen LogP contribution in [0.3, 0.4) is 0 Å². The summed E-state index contributed by atoms with van der Waals surface area (Å²) in [6.45, 7) is 0. The van der Waals surface area contributed by atoms with Crippen molar-refractivity contribution < 1.29 is 9.59 Å². The fourth-order valence-electron chi connectivity index (χ4n) is 6.45. The molecule has 154 valence electrons. The number of alkyl halides is 4. The second-order valence-electron chi connectivity index (χ2n) is 8.86. The van der Waals surface area contributed by atoms with E-state index >= 15 is 0 Å². The van der Waals surface area contributed by atoms with Gasteiger partial charge in [0, 0.05) is 6.04 Å². The zero-order valence-corrected chi connectivity index (χ0v) is 19.4. The topological polar surface area (TPSA) is 37.4 Å². The Labute approximate surface area is 193 Å². The molecule has 4 fully saturated rings. The van der Waals surface area contributed by atoms with Crippen LogP contribution in [0.1, 0.15) is 44.9 Å². The smallest absolute Gasteiger partial charge is 0.233 e. The number of halogens is 6. The largest absolute Gasteiger partial charge is 0.279 e. The second-order valence-corrected chi connectivity index (χ2v) is 12.1. The lowest BCUT2D eigenvalue weighted by atomic mass is 9.65. The number of nitrogens with zero attached hydrogens (tertiary/aromatic N) is 1. The lowest BCUT2D eigenvalue weighted by molar-refractivity contribution is -0.143. The minimum Gasteiger partial charge on any atom is -0.279 e. The number of rotatable bonds is 1. The number of imide groups is 1. The molecule has 0 aromatic carbocycles. The Morgan fingerprint density at radius 3 is 1.61 bits per heavy atom. The molecular formula is C19H19Cl6NO2. The summed E-state index contributed by atoms with van der Waals surface area (Å²) in [4.78, 5) is 25.3. The maximum atomic E-state index is 13.2. The molecule has 0 unspecified atom stereocenters. The van der Waals surface area contributed by atoms with E-state index in [9.17, 15) is 9.59 Å². The standard InChI is InChI=1S/C19H19Cl6NO2/c20-13-14(21)18(23)12-7-10-9(6-11(12)17(13,22)19(18,24)25)15(27)26(16(10)28)8-4-2-1-3-5-8/h8-12H,1-7H2/t9-,10-,11-,12+,17-,18-/m1/s1. The quantitative estimate of drug-likeness (QED) is 0.334. The first-order valence-electron chi connectivity index (χ1n) is 9.77. The molecule has 9 heteroatoms. The zero-order valence-electron chi connectivity index (χ0n) is 14.9. The molecule has 1 aliphatic heterocycles. The minimum atomic E-state index is -1.61. The molecule has 2 amide bonds. The van der Waals surface area contributed by atoms with Crippen molar-refractivity contribution in [2.45, 2.75) is 65.1 Å². The molecule has 28 heavy (non-hydrogen) atoms. The average molecular weight is 506 g/mol. The van der Waals surface area contributed by atoms with Crippen molar-refractivity contribution in [1.82, 2.24) is 4.90 Å². The van der Waals surface area contributed by atoms with Crippen molar-refractivity contribution >= 4 is 81.4 Å². The molecule has 0 radical (unpaired) electrons. The van der Waals surface area contributed by atoms with Crippen LogP contribution < -0.4 is 0 Å². The summed E-state index contributed by atoms with van der Waals surface area (Å²) in [6, 6.07) is 0.0104. The highest BCUT2D eigenvalue weighted by Gasteiger charge is 2.83. The Hall–Kier alpha value is 0.620. The Balaban J connectivity index is 1.52. The van der Waals surface area contributed by atoms with Crippen LogP contribution in [0.25, 0.3) is 0 Å². The SMILES string of the molecule is O=C1[C@@H]2C[C@@H]3[C@H](C[C@H]2C(=O)N1C1CCCCC1)[C@@]1(Cl)C(Cl)=C(Cl)[C@@]3(Cl)C1(Cl)Cl. The third-order valence-electron chi connectivity index (χ3n) is 7.80. The van der Waals surface area contributed by atoms with E-state index in [1.807, 2.05) is 0 Å². The number of carbonyl (C=O) groups is 2. The van der Waals surface area contributed by atoms with E-state index in [0.29, 0.717) is 12.8 Å². The normalized spacial score (nSPS) is 47.7. The van der Waals surface area contributed by atoms with Gasteiger partial charge in [-0.3, -0.25) is 14.5 Å². The van der Waals surface area contributed by atoms with Crippen LogP contribution >= 0.6 is 69.6 Å². The Morgan fingerprint density at radius 1 is 0.750 bits per heavy atom. The van der Waals surface area contributed by atoms with E-state index in [1.165, 1.54) is 4.90 Å². The maximum absolute atomic E-state index is 13.2. The van der Waals surface area contributed by atoms with Gasteiger partial charge in [0.1, 0.15) is 9.75 Å². The van der Waals surface area contributed by atoms with Gasteiger partial charge < -0.3 is 0 Å². The lowest BCUT2D eigenvalue weighted by Gasteiger charge is -2.42. The van der Waals surface area contributed by atoms with Gasteiger partial charge in [0.05, 0.1) is 21.9 Å². The van der Waals surface area contributed by atoms with E-state index in [4.69, 9.17) is 69.6 Å². The summed E-state index contributed by atoms with van der Waals surface area (Å²) in [6.07, 6.45) is 5.81. The van der Waals surface area contributed by atoms with Gasteiger partial charge in [-0.2, -0.15) is 0 Å². The van der Waals surface area contributed by atoms with E-state index < -0.39 is 25.9 Å². The predicted molar refractivity (Wildman–Crippen MR) is 112 cm³/mol. The molecule has 5 rings (SSSR count). The fraction of sp³-hybridized carbons (Fsp3) is 0.789. The van der Waals surface area contributed by atoms with Crippen LogP contribution in [0.15, 0.2) is 10.1 Å². The first-order chi connectivity index (χ1) is 13.1. The van der Waals surface area contributed by atoms with Crippen LogP contribution in [0.4, 0.5) is 0 Å². The van der Waals surface area contributed by atoms with E-state index in [0.717, 1.165) is 32.1 Å². The maximum Gasteiger partial charge on any atom is 0.233 e. The summed E-state index contributed by atoms with van der Waals surface area (Å²) in [5, 5.41) is 0.327. The van der Waals surface area contributed by atoms with Crippen LogP contribution in [0.5, 0.6) is 0 Å². The van der Waals surface area contributed by atoms with Gasteiger partial charge >= 0.3 is 0 Å². The van der Waals surface area contributed by atoms with Gasteiger partial charge in [-0.25, -0.2) is 0 Å². The summed E-state index contributed by atoms with van der Waals surface area (Å²) >= 11 is 40.1. The highest BCUT2D eigenvalue weighted by atomic mass is 35.5. The number of hydrogen-bond donors (Lipinski definition) is 0. The van der Waals surface area contributed by atoms with Crippen molar-refractivity contribution in [3.63, 3.8) is 0 Å². The van der Waals surface area contributed by atoms with Gasteiger partial charge in [-0.15, -0.1) is 23.2 Å². The molecular weight excluding hydrogens is 487 g/mol. The molecule has 4 aliphatic carbocycles. The van der Waals surface area contributed by atoms with Crippen LogP contribution in [0.2, 0.25) is 0 Å². The van der Waals surface area contributed by atoms with Gasteiger partial charge in [0.2, 0.25) is 11.8 Å². The number of likely N-dealkylation sites (tertiary alicyclic amines) is 1. The molecule has 1 heterocycles. The molecule has 0 N–H and O–H groups in total. The molecule has 0 spiro atoms. The van der Waals surface area contributed by atoms with Crippen molar-refractivity contribution in [3.8, 4) is 0 Å². The van der Waals surface area contributed by atoms with Crippen LogP contribution in [0, 0.1) is 23.7 Å². The summed E-state index contributed by atoms with van der Waals surface area (Å²) in [5.41, 5.74) is 0. The van der Waals surface area contributed by atoms with Crippen molar-refractivity contribution in [2.75, 3.05) is 0 Å². The van der Waals surface area contributed by atoms with E-state index in [1.54, 1.807) is 0 Å². The third kappa shape index (κ3) is 2.13. The molecule has 3 saturated carbocycles. The Bertz CT molecular complexity index is 754. The fourth-order valence-corrected chi connectivity index (χ4v) is 9.55. The number of amides is 2. The third-order valence-corrected chi connectivity index (χ3v) is 12.2. The van der Waals surface area contributed by atoms with Gasteiger partial charge in [0.15, 0.2) is 4.33 Å². The van der Waals surface area contributed by atoms with Crippen LogP contribution in [-0.4, -0.2) is 36.8 Å². The Morgan fingerprint density at radius 2 is 1.18 bits per heavy atom. The van der Waals surface area contributed by atoms with E-state index in [2.05, 4.69) is 0 Å². The average Bonchev–Trinajstić information content (AvgIpc) is 3.04. The first kappa shape index (κ1) is 20.5. The second kappa shape index (κ2) is 6.33. The predicted octanol–water partition coefficient (Wildman–Crippen LogP) is 5.79. The number of hydrogen-bond acceptors (Lipinski definition) is 2. The van der Waals surface area contributed by atoms with Crippen LogP contribution in [-0.2, 0) is 9.59 Å².